The second kappa shape index (κ2) is 5.21. The monoisotopic (exact) mass is 283 g/mol. The molecular formula is C11H10FN3O3S. The zero-order valence-electron chi connectivity index (χ0n) is 9.55. The number of amides is 1. The van der Waals surface area contributed by atoms with Crippen LogP contribution in [0.3, 0.4) is 0 Å². The van der Waals surface area contributed by atoms with E-state index in [1.165, 1.54) is 24.4 Å². The highest BCUT2D eigenvalue weighted by Gasteiger charge is 2.16. The Labute approximate surface area is 108 Å². The number of benzene rings is 1. The molecule has 0 aliphatic carbocycles. The number of aromatic amines is 1. The molecule has 2 aromatic rings. The van der Waals surface area contributed by atoms with Gasteiger partial charge in [0.05, 0.1) is 4.90 Å². The van der Waals surface area contributed by atoms with Crippen LogP contribution in [0.5, 0.6) is 0 Å². The molecule has 0 radical (unpaired) electrons. The summed E-state index contributed by atoms with van der Waals surface area (Å²) in [6, 6.07) is 7.52. The second-order valence-electron chi connectivity index (χ2n) is 3.60. The maximum atomic E-state index is 12.9. The predicted molar refractivity (Wildman–Crippen MR) is 65.0 cm³/mol. The zero-order valence-corrected chi connectivity index (χ0v) is 10.4. The molecule has 0 unspecified atom stereocenters. The van der Waals surface area contributed by atoms with Crippen LogP contribution in [0.25, 0.3) is 0 Å². The van der Waals surface area contributed by atoms with Crippen LogP contribution in [-0.2, 0) is 10.0 Å². The van der Waals surface area contributed by atoms with Gasteiger partial charge in [0.25, 0.3) is 15.9 Å². The molecular weight excluding hydrogens is 273 g/mol. The van der Waals surface area contributed by atoms with Crippen LogP contribution < -0.4 is 10.3 Å². The van der Waals surface area contributed by atoms with Crippen LogP contribution >= 0.6 is 0 Å². The van der Waals surface area contributed by atoms with Crippen molar-refractivity contribution in [1.82, 2.24) is 15.2 Å². The molecule has 0 atom stereocenters. The van der Waals surface area contributed by atoms with E-state index in [4.69, 9.17) is 0 Å². The molecule has 6 nitrogen and oxygen atoms in total. The summed E-state index contributed by atoms with van der Waals surface area (Å²) in [5.74, 6) is -1.33. The number of rotatable bonds is 4. The Morgan fingerprint density at radius 2 is 2.00 bits per heavy atom. The quantitative estimate of drug-likeness (QED) is 0.724. The Morgan fingerprint density at radius 1 is 1.21 bits per heavy atom. The molecule has 0 saturated heterocycles. The second-order valence-corrected chi connectivity index (χ2v) is 5.28. The van der Waals surface area contributed by atoms with Gasteiger partial charge in [0.15, 0.2) is 0 Å². The van der Waals surface area contributed by atoms with Gasteiger partial charge in [-0.2, -0.15) is 0 Å². The van der Waals surface area contributed by atoms with Crippen molar-refractivity contribution in [2.45, 2.75) is 4.90 Å². The minimum absolute atomic E-state index is 0.196. The molecule has 0 fully saturated rings. The SMILES string of the molecule is O=C(NNS(=O)(=O)c1cccc(F)c1)c1ccc[nH]1. The third-order valence-corrected chi connectivity index (χ3v) is 3.49. The average molecular weight is 283 g/mol. The van der Waals surface area contributed by atoms with E-state index in [0.29, 0.717) is 0 Å². The fraction of sp³-hybridized carbons (Fsp3) is 0. The van der Waals surface area contributed by atoms with Crippen molar-refractivity contribution < 1.29 is 17.6 Å². The van der Waals surface area contributed by atoms with Crippen LogP contribution in [-0.4, -0.2) is 19.3 Å². The molecule has 0 spiro atoms. The molecule has 0 saturated carbocycles. The standard InChI is InChI=1S/C11H10FN3O3S/c12-8-3-1-4-9(7-8)19(17,18)15-14-11(16)10-5-2-6-13-10/h1-7,13,15H,(H,14,16). The van der Waals surface area contributed by atoms with Gasteiger partial charge in [0.1, 0.15) is 11.5 Å². The molecule has 0 aliphatic rings. The van der Waals surface area contributed by atoms with Crippen LogP contribution in [0.4, 0.5) is 4.39 Å². The van der Waals surface area contributed by atoms with Gasteiger partial charge in [-0.1, -0.05) is 6.07 Å². The highest BCUT2D eigenvalue weighted by Crippen LogP contribution is 2.09. The molecule has 1 amide bonds. The third-order valence-electron chi connectivity index (χ3n) is 2.25. The van der Waals surface area contributed by atoms with E-state index in [0.717, 1.165) is 12.1 Å². The number of aromatic nitrogens is 1. The van der Waals surface area contributed by atoms with Crippen LogP contribution in [0.15, 0.2) is 47.5 Å². The number of hydrazine groups is 1. The Bertz CT molecular complexity index is 683. The van der Waals surface area contributed by atoms with Gasteiger partial charge in [0.2, 0.25) is 0 Å². The summed E-state index contributed by atoms with van der Waals surface area (Å²) in [5.41, 5.74) is 2.21. The summed E-state index contributed by atoms with van der Waals surface area (Å²) in [4.78, 5) is 15.7. The number of sulfonamides is 1. The van der Waals surface area contributed by atoms with Gasteiger partial charge in [-0.25, -0.2) is 12.8 Å². The summed E-state index contributed by atoms with van der Waals surface area (Å²) >= 11 is 0. The van der Waals surface area contributed by atoms with E-state index < -0.39 is 21.7 Å². The number of carbonyl (C=O) groups is 1. The van der Waals surface area contributed by atoms with Crippen molar-refractivity contribution in [3.63, 3.8) is 0 Å². The Balaban J connectivity index is 2.08. The average Bonchev–Trinajstić information content (AvgIpc) is 2.90. The van der Waals surface area contributed by atoms with Gasteiger partial charge < -0.3 is 4.98 Å². The minimum atomic E-state index is -4.00. The van der Waals surface area contributed by atoms with E-state index >= 15 is 0 Å². The lowest BCUT2D eigenvalue weighted by Crippen LogP contribution is -2.41. The van der Waals surface area contributed by atoms with E-state index in [2.05, 4.69) is 4.98 Å². The molecule has 8 heteroatoms. The summed E-state index contributed by atoms with van der Waals surface area (Å²) < 4.78 is 36.4. The Kier molecular flexibility index (Phi) is 3.63. The highest BCUT2D eigenvalue weighted by atomic mass is 32.2. The van der Waals surface area contributed by atoms with Crippen molar-refractivity contribution >= 4 is 15.9 Å². The molecule has 0 aliphatic heterocycles. The van der Waals surface area contributed by atoms with Gasteiger partial charge in [-0.15, -0.1) is 4.83 Å². The molecule has 2 rings (SSSR count). The number of hydrogen-bond donors (Lipinski definition) is 3. The summed E-state index contributed by atoms with van der Waals surface area (Å²) in [5, 5.41) is 0. The number of nitrogens with one attached hydrogen (secondary N) is 3. The van der Waals surface area contributed by atoms with Crippen molar-refractivity contribution in [3.05, 3.63) is 54.1 Å². The lowest BCUT2D eigenvalue weighted by atomic mass is 10.4. The first-order chi connectivity index (χ1) is 8.99. The van der Waals surface area contributed by atoms with E-state index in [-0.39, 0.29) is 10.6 Å². The normalized spacial score (nSPS) is 11.2. The van der Waals surface area contributed by atoms with Crippen molar-refractivity contribution in [1.29, 1.82) is 0 Å². The zero-order chi connectivity index (χ0) is 13.9. The first kappa shape index (κ1) is 13.2. The van der Waals surface area contributed by atoms with Crippen LogP contribution in [0.1, 0.15) is 10.5 Å². The van der Waals surface area contributed by atoms with E-state index in [9.17, 15) is 17.6 Å². The summed E-state index contributed by atoms with van der Waals surface area (Å²) in [6.07, 6.45) is 1.52. The van der Waals surface area contributed by atoms with Crippen LogP contribution in [0.2, 0.25) is 0 Å². The molecule has 1 aromatic carbocycles. The fourth-order valence-corrected chi connectivity index (χ4v) is 2.22. The Morgan fingerprint density at radius 3 is 2.63 bits per heavy atom. The molecule has 1 aromatic heterocycles. The van der Waals surface area contributed by atoms with E-state index in [1.807, 2.05) is 10.3 Å². The summed E-state index contributed by atoms with van der Waals surface area (Å²) in [7, 11) is -4.00. The topological polar surface area (TPSA) is 91.1 Å². The number of hydrogen-bond acceptors (Lipinski definition) is 3. The van der Waals surface area contributed by atoms with Gasteiger partial charge >= 0.3 is 0 Å². The fourth-order valence-electron chi connectivity index (χ4n) is 1.35. The van der Waals surface area contributed by atoms with Gasteiger partial charge in [0, 0.05) is 6.20 Å². The highest BCUT2D eigenvalue weighted by molar-refractivity contribution is 7.89. The first-order valence-corrected chi connectivity index (χ1v) is 6.68. The number of carbonyl (C=O) groups excluding carboxylic acids is 1. The first-order valence-electron chi connectivity index (χ1n) is 5.20. The third kappa shape index (κ3) is 3.18. The number of H-pyrrole nitrogens is 1. The number of halogens is 1. The minimum Gasteiger partial charge on any atom is -0.357 e. The van der Waals surface area contributed by atoms with Gasteiger partial charge in [-0.3, -0.25) is 10.2 Å². The Hall–Kier alpha value is -2.19. The van der Waals surface area contributed by atoms with Crippen molar-refractivity contribution in [2.24, 2.45) is 0 Å². The largest absolute Gasteiger partial charge is 0.357 e. The molecule has 0 bridgehead atoms. The smallest absolute Gasteiger partial charge is 0.282 e. The van der Waals surface area contributed by atoms with E-state index in [1.54, 1.807) is 6.07 Å². The lowest BCUT2D eigenvalue weighted by Gasteiger charge is -2.07. The van der Waals surface area contributed by atoms with Gasteiger partial charge in [-0.05, 0) is 30.3 Å². The summed E-state index contributed by atoms with van der Waals surface area (Å²) in [6.45, 7) is 0. The molecule has 3 N–H and O–H groups in total. The maximum Gasteiger partial charge on any atom is 0.282 e. The van der Waals surface area contributed by atoms with Crippen molar-refractivity contribution in [2.75, 3.05) is 0 Å². The maximum absolute atomic E-state index is 12.9. The molecule has 1 heterocycles. The predicted octanol–water partition coefficient (Wildman–Crippen LogP) is 0.777. The molecule has 19 heavy (non-hydrogen) atoms. The van der Waals surface area contributed by atoms with Crippen LogP contribution in [0, 0.1) is 5.82 Å². The van der Waals surface area contributed by atoms with Crippen molar-refractivity contribution in [3.8, 4) is 0 Å². The lowest BCUT2D eigenvalue weighted by molar-refractivity contribution is 0.0940. The molecule has 100 valence electrons.